The van der Waals surface area contributed by atoms with Crippen LogP contribution in [0.1, 0.15) is 35.5 Å². The molecule has 0 unspecified atom stereocenters. The Morgan fingerprint density at radius 1 is 1.11 bits per heavy atom. The third-order valence-corrected chi connectivity index (χ3v) is 5.57. The third kappa shape index (κ3) is 4.45. The maximum atomic E-state index is 6.01. The number of hydrogen-bond donors (Lipinski definition) is 0. The van der Waals surface area contributed by atoms with Crippen LogP contribution in [0.3, 0.4) is 0 Å². The summed E-state index contributed by atoms with van der Waals surface area (Å²) in [5.74, 6) is 2.81. The van der Waals surface area contributed by atoms with Crippen molar-refractivity contribution in [1.29, 1.82) is 0 Å². The van der Waals surface area contributed by atoms with Gasteiger partial charge >= 0.3 is 0 Å². The van der Waals surface area contributed by atoms with Crippen molar-refractivity contribution >= 4 is 5.82 Å². The van der Waals surface area contributed by atoms with E-state index in [-0.39, 0.29) is 0 Å². The van der Waals surface area contributed by atoms with Gasteiger partial charge in [0, 0.05) is 38.7 Å². The first kappa shape index (κ1) is 19.2. The Morgan fingerprint density at radius 3 is 2.79 bits per heavy atom. The number of benzene rings is 1. The molecule has 1 saturated heterocycles. The van der Waals surface area contributed by atoms with Crippen molar-refractivity contribution in [2.75, 3.05) is 51.3 Å². The minimum atomic E-state index is 0.508. The average molecular weight is 383 g/mol. The highest BCUT2D eigenvalue weighted by Crippen LogP contribution is 2.31. The summed E-state index contributed by atoms with van der Waals surface area (Å²) in [6.45, 7) is 8.49. The van der Waals surface area contributed by atoms with E-state index in [4.69, 9.17) is 14.5 Å². The van der Waals surface area contributed by atoms with Gasteiger partial charge in [0.2, 0.25) is 0 Å². The van der Waals surface area contributed by atoms with E-state index >= 15 is 0 Å². The van der Waals surface area contributed by atoms with E-state index in [2.05, 4.69) is 34.0 Å². The molecule has 1 aromatic heterocycles. The summed E-state index contributed by atoms with van der Waals surface area (Å²) in [4.78, 5) is 14.3. The van der Waals surface area contributed by atoms with E-state index in [9.17, 15) is 0 Å². The Labute approximate surface area is 167 Å². The Morgan fingerprint density at radius 2 is 1.93 bits per heavy atom. The molecule has 2 aliphatic heterocycles. The first-order valence-electron chi connectivity index (χ1n) is 10.3. The number of aryl methyl sites for hydroxylation is 1. The average Bonchev–Trinajstić information content (AvgIpc) is 2.90. The summed E-state index contributed by atoms with van der Waals surface area (Å²) in [7, 11) is 2.15. The molecule has 2 aliphatic rings. The molecule has 1 fully saturated rings. The van der Waals surface area contributed by atoms with Gasteiger partial charge in [-0.05, 0) is 37.9 Å². The quantitative estimate of drug-likeness (QED) is 0.716. The van der Waals surface area contributed by atoms with Gasteiger partial charge < -0.3 is 14.4 Å². The summed E-state index contributed by atoms with van der Waals surface area (Å²) in [5.41, 5.74) is 3.42. The topological polar surface area (TPSA) is 50.7 Å². The van der Waals surface area contributed by atoms with Crippen LogP contribution in [0.4, 0.5) is 5.82 Å². The zero-order valence-electron chi connectivity index (χ0n) is 17.0. The molecule has 3 heterocycles. The van der Waals surface area contributed by atoms with Gasteiger partial charge in [0.25, 0.3) is 0 Å². The van der Waals surface area contributed by atoms with Gasteiger partial charge in [0.1, 0.15) is 24.0 Å². The number of aromatic nitrogens is 2. The molecule has 150 valence electrons. The second kappa shape index (κ2) is 8.88. The van der Waals surface area contributed by atoms with Crippen molar-refractivity contribution in [3.05, 3.63) is 46.9 Å². The molecule has 0 bridgehead atoms. The Hall–Kier alpha value is -2.18. The van der Waals surface area contributed by atoms with Crippen molar-refractivity contribution < 1.29 is 9.47 Å². The Balaban J connectivity index is 1.43. The largest absolute Gasteiger partial charge is 0.487 e. The molecule has 1 aromatic carbocycles. The number of unbranched alkanes of at least 4 members (excludes halogenated alkanes) is 1. The van der Waals surface area contributed by atoms with Gasteiger partial charge in [0.05, 0.1) is 18.9 Å². The van der Waals surface area contributed by atoms with Crippen molar-refractivity contribution in [3.8, 4) is 5.75 Å². The Kier molecular flexibility index (Phi) is 6.07. The van der Waals surface area contributed by atoms with Gasteiger partial charge in [-0.3, -0.25) is 4.90 Å². The first-order valence-corrected chi connectivity index (χ1v) is 10.3. The first-order chi connectivity index (χ1) is 13.7. The monoisotopic (exact) mass is 382 g/mol. The van der Waals surface area contributed by atoms with Crippen molar-refractivity contribution in [1.82, 2.24) is 14.9 Å². The smallest absolute Gasteiger partial charge is 0.135 e. The summed E-state index contributed by atoms with van der Waals surface area (Å²) in [6, 6.07) is 8.26. The molecule has 2 aromatic rings. The summed E-state index contributed by atoms with van der Waals surface area (Å²) in [5, 5.41) is 0. The number of nitrogens with zero attached hydrogens (tertiary/aromatic N) is 4. The summed E-state index contributed by atoms with van der Waals surface area (Å²) >= 11 is 0. The fourth-order valence-electron chi connectivity index (χ4n) is 4.00. The molecule has 0 saturated carbocycles. The fourth-order valence-corrected chi connectivity index (χ4v) is 4.00. The van der Waals surface area contributed by atoms with Crippen molar-refractivity contribution in [2.45, 2.75) is 32.8 Å². The Bertz CT molecular complexity index is 805. The van der Waals surface area contributed by atoms with E-state index < -0.39 is 0 Å². The maximum absolute atomic E-state index is 6.01. The highest BCUT2D eigenvalue weighted by Gasteiger charge is 2.21. The van der Waals surface area contributed by atoms with E-state index in [1.54, 1.807) is 0 Å². The van der Waals surface area contributed by atoms with Crippen LogP contribution in [0.25, 0.3) is 0 Å². The predicted molar refractivity (Wildman–Crippen MR) is 110 cm³/mol. The van der Waals surface area contributed by atoms with Gasteiger partial charge in [0.15, 0.2) is 0 Å². The van der Waals surface area contributed by atoms with Crippen LogP contribution < -0.4 is 9.64 Å². The van der Waals surface area contributed by atoms with Crippen LogP contribution >= 0.6 is 0 Å². The SMILES string of the molecule is Cc1nc2c(c(N(C)CCCCN3CCOCC3)n1)Cc1ccccc1OC2. The van der Waals surface area contributed by atoms with Gasteiger partial charge in [-0.2, -0.15) is 0 Å². The standard InChI is InChI=1S/C22H30N4O2/c1-17-23-20-16-28-21-8-4-3-7-18(21)15-19(20)22(24-17)25(2)9-5-6-10-26-11-13-27-14-12-26/h3-4,7-8H,5-6,9-16H2,1-2H3. The lowest BCUT2D eigenvalue weighted by molar-refractivity contribution is 0.0372. The zero-order chi connectivity index (χ0) is 19.3. The number of para-hydroxylation sites is 1. The highest BCUT2D eigenvalue weighted by atomic mass is 16.5. The fraction of sp³-hybridized carbons (Fsp3) is 0.545. The molecule has 0 amide bonds. The molecule has 0 atom stereocenters. The second-order valence-corrected chi connectivity index (χ2v) is 7.68. The van der Waals surface area contributed by atoms with Crippen LogP contribution in [-0.2, 0) is 17.8 Å². The molecule has 0 aliphatic carbocycles. The van der Waals surface area contributed by atoms with Gasteiger partial charge in [-0.1, -0.05) is 18.2 Å². The number of anilines is 1. The minimum absolute atomic E-state index is 0.508. The number of ether oxygens (including phenoxy) is 2. The molecule has 6 nitrogen and oxygen atoms in total. The molecule has 6 heteroatoms. The molecule has 4 rings (SSSR count). The van der Waals surface area contributed by atoms with E-state index in [1.807, 2.05) is 19.1 Å². The number of fused-ring (bicyclic) bond motifs is 2. The number of rotatable bonds is 6. The lowest BCUT2D eigenvalue weighted by Crippen LogP contribution is -2.37. The van der Waals surface area contributed by atoms with E-state index in [0.29, 0.717) is 6.61 Å². The maximum Gasteiger partial charge on any atom is 0.135 e. The van der Waals surface area contributed by atoms with Crippen LogP contribution in [0, 0.1) is 6.92 Å². The van der Waals surface area contributed by atoms with Gasteiger partial charge in [-0.15, -0.1) is 0 Å². The minimum Gasteiger partial charge on any atom is -0.487 e. The molecular weight excluding hydrogens is 352 g/mol. The molecule has 0 radical (unpaired) electrons. The number of morpholine rings is 1. The summed E-state index contributed by atoms with van der Waals surface area (Å²) < 4.78 is 11.4. The lowest BCUT2D eigenvalue weighted by Gasteiger charge is -2.27. The predicted octanol–water partition coefficient (Wildman–Crippen LogP) is 2.82. The zero-order valence-corrected chi connectivity index (χ0v) is 17.0. The second-order valence-electron chi connectivity index (χ2n) is 7.68. The van der Waals surface area contributed by atoms with Crippen LogP contribution in [0.5, 0.6) is 5.75 Å². The lowest BCUT2D eigenvalue weighted by atomic mass is 10.0. The molecule has 0 spiro atoms. The van der Waals surface area contributed by atoms with Gasteiger partial charge in [-0.25, -0.2) is 9.97 Å². The van der Waals surface area contributed by atoms with Crippen molar-refractivity contribution in [2.24, 2.45) is 0 Å². The van der Waals surface area contributed by atoms with E-state index in [1.165, 1.54) is 17.5 Å². The normalized spacial score (nSPS) is 16.6. The van der Waals surface area contributed by atoms with Crippen LogP contribution in [-0.4, -0.2) is 61.3 Å². The molecular formula is C22H30N4O2. The third-order valence-electron chi connectivity index (χ3n) is 5.57. The summed E-state index contributed by atoms with van der Waals surface area (Å²) in [6.07, 6.45) is 3.17. The van der Waals surface area contributed by atoms with E-state index in [0.717, 1.165) is 75.3 Å². The van der Waals surface area contributed by atoms with Crippen molar-refractivity contribution in [3.63, 3.8) is 0 Å². The number of hydrogen-bond acceptors (Lipinski definition) is 6. The molecule has 0 N–H and O–H groups in total. The van der Waals surface area contributed by atoms with Crippen LogP contribution in [0.2, 0.25) is 0 Å². The highest BCUT2D eigenvalue weighted by molar-refractivity contribution is 5.53. The van der Waals surface area contributed by atoms with Crippen LogP contribution in [0.15, 0.2) is 24.3 Å². The molecule has 28 heavy (non-hydrogen) atoms.